The Labute approximate surface area is 119 Å². The van der Waals surface area contributed by atoms with E-state index in [1.807, 2.05) is 32.0 Å². The van der Waals surface area contributed by atoms with Gasteiger partial charge in [0.05, 0.1) is 19.0 Å². The van der Waals surface area contributed by atoms with Gasteiger partial charge in [-0.15, -0.1) is 11.8 Å². The third-order valence-electron chi connectivity index (χ3n) is 2.61. The maximum Gasteiger partial charge on any atom is 0.234 e. The van der Waals surface area contributed by atoms with Crippen LogP contribution in [0.5, 0.6) is 0 Å². The van der Waals surface area contributed by atoms with Gasteiger partial charge in [-0.05, 0) is 25.0 Å². The van der Waals surface area contributed by atoms with E-state index in [1.165, 1.54) is 0 Å². The first-order chi connectivity index (χ1) is 9.15. The Balaban J connectivity index is 2.28. The lowest BCUT2D eigenvalue weighted by molar-refractivity contribution is -0.113. The average Bonchev–Trinajstić information content (AvgIpc) is 2.38. The van der Waals surface area contributed by atoms with Crippen LogP contribution in [-0.2, 0) is 9.53 Å². The summed E-state index contributed by atoms with van der Waals surface area (Å²) in [6, 6.07) is 5.98. The lowest BCUT2D eigenvalue weighted by atomic mass is 10.1. The maximum atomic E-state index is 11.8. The van der Waals surface area contributed by atoms with Gasteiger partial charge < -0.3 is 15.8 Å². The summed E-state index contributed by atoms with van der Waals surface area (Å²) in [5.74, 6) is 1.28. The van der Waals surface area contributed by atoms with Crippen LogP contribution < -0.4 is 11.1 Å². The number of benzene rings is 1. The van der Waals surface area contributed by atoms with E-state index in [4.69, 9.17) is 10.5 Å². The number of rotatable bonds is 8. The number of amides is 1. The molecule has 1 aromatic carbocycles. The molecule has 0 atom stereocenters. The Kier molecular flexibility index (Phi) is 7.55. The van der Waals surface area contributed by atoms with E-state index in [1.54, 1.807) is 11.8 Å². The van der Waals surface area contributed by atoms with E-state index in [0.29, 0.717) is 25.5 Å². The molecule has 0 aliphatic rings. The molecule has 5 heteroatoms. The van der Waals surface area contributed by atoms with Crippen LogP contribution in [0.2, 0.25) is 0 Å². The molecule has 0 unspecified atom stereocenters. The number of thioether (sulfide) groups is 1. The molecule has 0 saturated carbocycles. The van der Waals surface area contributed by atoms with Crippen molar-refractivity contribution < 1.29 is 9.53 Å². The first kappa shape index (κ1) is 16.0. The SMILES string of the molecule is Cc1cccc(C)c1NC(=O)CSCCOCCN. The van der Waals surface area contributed by atoms with Crippen LogP contribution in [0.3, 0.4) is 0 Å². The van der Waals surface area contributed by atoms with Gasteiger partial charge in [-0.2, -0.15) is 0 Å². The molecule has 0 spiro atoms. The van der Waals surface area contributed by atoms with Gasteiger partial charge >= 0.3 is 0 Å². The number of aryl methyl sites for hydroxylation is 2. The Morgan fingerprint density at radius 2 is 2.00 bits per heavy atom. The van der Waals surface area contributed by atoms with Crippen molar-refractivity contribution in [2.45, 2.75) is 13.8 Å². The number of carbonyl (C=O) groups is 1. The molecule has 4 nitrogen and oxygen atoms in total. The monoisotopic (exact) mass is 282 g/mol. The highest BCUT2D eigenvalue weighted by atomic mass is 32.2. The average molecular weight is 282 g/mol. The summed E-state index contributed by atoms with van der Waals surface area (Å²) in [6.45, 7) is 5.75. The fraction of sp³-hybridized carbons (Fsp3) is 0.500. The van der Waals surface area contributed by atoms with Crippen molar-refractivity contribution in [1.82, 2.24) is 0 Å². The summed E-state index contributed by atoms with van der Waals surface area (Å²) in [6.07, 6.45) is 0. The van der Waals surface area contributed by atoms with Crippen molar-refractivity contribution in [3.05, 3.63) is 29.3 Å². The van der Waals surface area contributed by atoms with Crippen molar-refractivity contribution in [2.24, 2.45) is 5.73 Å². The topological polar surface area (TPSA) is 64.3 Å². The van der Waals surface area contributed by atoms with E-state index in [0.717, 1.165) is 22.6 Å². The number of anilines is 1. The van der Waals surface area contributed by atoms with Gasteiger partial charge in [-0.25, -0.2) is 0 Å². The molecule has 0 aromatic heterocycles. The van der Waals surface area contributed by atoms with Crippen LogP contribution in [0.15, 0.2) is 18.2 Å². The van der Waals surface area contributed by atoms with Gasteiger partial charge in [0.1, 0.15) is 0 Å². The maximum absolute atomic E-state index is 11.8. The van der Waals surface area contributed by atoms with Crippen LogP contribution in [0.4, 0.5) is 5.69 Å². The standard InChI is InChI=1S/C14H22N2O2S/c1-11-4-3-5-12(2)14(11)16-13(17)10-19-9-8-18-7-6-15/h3-5H,6-10,15H2,1-2H3,(H,16,17). The molecule has 1 rings (SSSR count). The van der Waals surface area contributed by atoms with Crippen LogP contribution in [0.1, 0.15) is 11.1 Å². The lowest BCUT2D eigenvalue weighted by Crippen LogP contribution is -2.16. The van der Waals surface area contributed by atoms with Crippen LogP contribution in [0, 0.1) is 13.8 Å². The zero-order valence-corrected chi connectivity index (χ0v) is 12.4. The highest BCUT2D eigenvalue weighted by molar-refractivity contribution is 7.99. The first-order valence-electron chi connectivity index (χ1n) is 6.36. The van der Waals surface area contributed by atoms with Crippen molar-refractivity contribution in [2.75, 3.05) is 36.6 Å². The Morgan fingerprint density at radius 1 is 1.32 bits per heavy atom. The van der Waals surface area contributed by atoms with Crippen LogP contribution >= 0.6 is 11.8 Å². The van der Waals surface area contributed by atoms with Gasteiger partial charge in [0.25, 0.3) is 0 Å². The molecule has 0 radical (unpaired) electrons. The molecule has 106 valence electrons. The molecular formula is C14H22N2O2S. The molecule has 0 aliphatic heterocycles. The molecule has 1 aromatic rings. The first-order valence-corrected chi connectivity index (χ1v) is 7.52. The fourth-order valence-electron chi connectivity index (χ4n) is 1.66. The van der Waals surface area contributed by atoms with Crippen molar-refractivity contribution in [3.63, 3.8) is 0 Å². The summed E-state index contributed by atoms with van der Waals surface area (Å²) in [7, 11) is 0. The third kappa shape index (κ3) is 6.09. The normalized spacial score (nSPS) is 10.5. The van der Waals surface area contributed by atoms with Crippen LogP contribution in [-0.4, -0.2) is 37.2 Å². The minimum atomic E-state index is 0.0289. The number of ether oxygens (including phenoxy) is 1. The molecule has 0 bridgehead atoms. The van der Waals surface area contributed by atoms with E-state index in [9.17, 15) is 4.79 Å². The van der Waals surface area contributed by atoms with E-state index >= 15 is 0 Å². The lowest BCUT2D eigenvalue weighted by Gasteiger charge is -2.11. The summed E-state index contributed by atoms with van der Waals surface area (Å²) in [5, 5.41) is 2.96. The van der Waals surface area contributed by atoms with Crippen LogP contribution in [0.25, 0.3) is 0 Å². The zero-order valence-electron chi connectivity index (χ0n) is 11.6. The van der Waals surface area contributed by atoms with Gasteiger partial charge in [-0.1, -0.05) is 18.2 Å². The second kappa shape index (κ2) is 8.96. The molecule has 0 fully saturated rings. The fourth-order valence-corrected chi connectivity index (χ4v) is 2.29. The molecule has 0 saturated heterocycles. The van der Waals surface area contributed by atoms with E-state index in [-0.39, 0.29) is 5.91 Å². The Morgan fingerprint density at radius 3 is 2.63 bits per heavy atom. The van der Waals surface area contributed by atoms with Crippen molar-refractivity contribution >= 4 is 23.4 Å². The number of hydrogen-bond donors (Lipinski definition) is 2. The summed E-state index contributed by atoms with van der Waals surface area (Å²) >= 11 is 1.56. The van der Waals surface area contributed by atoms with E-state index < -0.39 is 0 Å². The second-order valence-electron chi connectivity index (χ2n) is 4.27. The van der Waals surface area contributed by atoms with Gasteiger partial charge in [0.2, 0.25) is 5.91 Å². The predicted octanol–water partition coefficient (Wildman–Crippen LogP) is 1.95. The van der Waals surface area contributed by atoms with Crippen molar-refractivity contribution in [3.8, 4) is 0 Å². The summed E-state index contributed by atoms with van der Waals surface area (Å²) in [5.41, 5.74) is 8.41. The molecule has 19 heavy (non-hydrogen) atoms. The Bertz CT molecular complexity index is 390. The number of hydrogen-bond acceptors (Lipinski definition) is 4. The van der Waals surface area contributed by atoms with Gasteiger partial charge in [0, 0.05) is 18.0 Å². The molecule has 1 amide bonds. The van der Waals surface area contributed by atoms with Gasteiger partial charge in [-0.3, -0.25) is 4.79 Å². The van der Waals surface area contributed by atoms with Crippen molar-refractivity contribution in [1.29, 1.82) is 0 Å². The number of nitrogens with one attached hydrogen (secondary N) is 1. The smallest absolute Gasteiger partial charge is 0.234 e. The summed E-state index contributed by atoms with van der Waals surface area (Å²) in [4.78, 5) is 11.8. The van der Waals surface area contributed by atoms with Gasteiger partial charge in [0.15, 0.2) is 0 Å². The number of para-hydroxylation sites is 1. The summed E-state index contributed by atoms with van der Waals surface area (Å²) < 4.78 is 5.24. The molecule has 0 heterocycles. The number of carbonyl (C=O) groups excluding carboxylic acids is 1. The number of nitrogens with two attached hydrogens (primary N) is 1. The third-order valence-corrected chi connectivity index (χ3v) is 3.53. The predicted molar refractivity (Wildman–Crippen MR) is 81.7 cm³/mol. The van der Waals surface area contributed by atoms with E-state index in [2.05, 4.69) is 5.32 Å². The minimum Gasteiger partial charge on any atom is -0.379 e. The zero-order chi connectivity index (χ0) is 14.1. The minimum absolute atomic E-state index is 0.0289. The highest BCUT2D eigenvalue weighted by Crippen LogP contribution is 2.19. The largest absolute Gasteiger partial charge is 0.379 e. The molecular weight excluding hydrogens is 260 g/mol. The molecule has 0 aliphatic carbocycles. The second-order valence-corrected chi connectivity index (χ2v) is 5.37. The Hall–Kier alpha value is -1.04. The quantitative estimate of drug-likeness (QED) is 0.715. The molecule has 3 N–H and O–H groups in total. The highest BCUT2D eigenvalue weighted by Gasteiger charge is 2.06.